The number of aromatic nitrogens is 2. The molecule has 1 heterocycles. The third kappa shape index (κ3) is 2.95. The number of H-pyrrole nitrogens is 1. The van der Waals surface area contributed by atoms with Crippen molar-refractivity contribution in [2.45, 2.75) is 28.7 Å². The Morgan fingerprint density at radius 1 is 1.29 bits per heavy atom. The first-order valence-corrected chi connectivity index (χ1v) is 8.74. The third-order valence-corrected chi connectivity index (χ3v) is 5.09. The smallest absolute Gasteiger partial charge is 0.252 e. The van der Waals surface area contributed by atoms with E-state index in [9.17, 15) is 4.79 Å². The van der Waals surface area contributed by atoms with E-state index in [4.69, 9.17) is 0 Å². The first-order chi connectivity index (χ1) is 11.7. The Bertz CT molecular complexity index is 927. The van der Waals surface area contributed by atoms with E-state index >= 15 is 0 Å². The van der Waals surface area contributed by atoms with Gasteiger partial charge in [0.1, 0.15) is 0 Å². The van der Waals surface area contributed by atoms with Crippen LogP contribution in [-0.4, -0.2) is 22.1 Å². The van der Waals surface area contributed by atoms with Crippen LogP contribution >= 0.6 is 11.8 Å². The van der Waals surface area contributed by atoms with Gasteiger partial charge in [-0.25, -0.2) is 0 Å². The second-order valence-electron chi connectivity index (χ2n) is 5.87. The van der Waals surface area contributed by atoms with Crippen LogP contribution in [0.25, 0.3) is 17.0 Å². The summed E-state index contributed by atoms with van der Waals surface area (Å²) in [5.41, 5.74) is 2.55. The molecule has 3 aromatic rings. The summed E-state index contributed by atoms with van der Waals surface area (Å²) in [4.78, 5) is 14.4. The largest absolute Gasteiger partial charge is 0.349 e. The lowest BCUT2D eigenvalue weighted by molar-refractivity contribution is 0.0948. The number of carbonyl (C=O) groups excluding carboxylic acids is 1. The quantitative estimate of drug-likeness (QED) is 0.733. The summed E-state index contributed by atoms with van der Waals surface area (Å²) in [7, 11) is 0. The molecule has 1 amide bonds. The molecule has 4 rings (SSSR count). The summed E-state index contributed by atoms with van der Waals surface area (Å²) < 4.78 is 0. The SMILES string of the molecule is C=Cc1n[nH]c2cc(Sc3ccccc3C(=O)NC3CC3)ccc12. The molecule has 24 heavy (non-hydrogen) atoms. The first kappa shape index (κ1) is 15.0. The number of aromatic amines is 1. The van der Waals surface area contributed by atoms with Crippen molar-refractivity contribution in [3.63, 3.8) is 0 Å². The molecule has 2 N–H and O–H groups in total. The number of rotatable bonds is 5. The van der Waals surface area contributed by atoms with Crippen molar-refractivity contribution in [1.82, 2.24) is 15.5 Å². The number of fused-ring (bicyclic) bond motifs is 1. The molecule has 1 fully saturated rings. The molecule has 0 bridgehead atoms. The summed E-state index contributed by atoms with van der Waals surface area (Å²) in [6.07, 6.45) is 3.91. The van der Waals surface area contributed by atoms with Gasteiger partial charge >= 0.3 is 0 Å². The van der Waals surface area contributed by atoms with Crippen molar-refractivity contribution in [3.8, 4) is 0 Å². The third-order valence-electron chi connectivity index (χ3n) is 4.03. The van der Waals surface area contributed by atoms with Crippen LogP contribution in [0.4, 0.5) is 0 Å². The van der Waals surface area contributed by atoms with Crippen LogP contribution in [0, 0.1) is 0 Å². The minimum atomic E-state index is 0.0113. The molecule has 0 spiro atoms. The Hall–Kier alpha value is -2.53. The normalized spacial score (nSPS) is 13.8. The lowest BCUT2D eigenvalue weighted by Crippen LogP contribution is -2.25. The molecule has 1 saturated carbocycles. The summed E-state index contributed by atoms with van der Waals surface area (Å²) in [5, 5.41) is 11.4. The molecule has 5 heteroatoms. The van der Waals surface area contributed by atoms with Crippen molar-refractivity contribution >= 4 is 34.6 Å². The molecule has 120 valence electrons. The van der Waals surface area contributed by atoms with Crippen LogP contribution in [0.2, 0.25) is 0 Å². The van der Waals surface area contributed by atoms with Gasteiger partial charge in [0, 0.05) is 21.2 Å². The van der Waals surface area contributed by atoms with Crippen LogP contribution in [0.1, 0.15) is 28.9 Å². The Balaban J connectivity index is 1.63. The number of hydrogen-bond acceptors (Lipinski definition) is 3. The van der Waals surface area contributed by atoms with E-state index in [1.54, 1.807) is 17.8 Å². The van der Waals surface area contributed by atoms with E-state index in [1.807, 2.05) is 36.4 Å². The van der Waals surface area contributed by atoms with E-state index in [1.165, 1.54) is 0 Å². The molecule has 0 aliphatic heterocycles. The predicted molar refractivity (Wildman–Crippen MR) is 97.2 cm³/mol. The molecule has 0 atom stereocenters. The van der Waals surface area contributed by atoms with Gasteiger partial charge in [-0.15, -0.1) is 0 Å². The van der Waals surface area contributed by atoms with Gasteiger partial charge in [0.05, 0.1) is 16.8 Å². The van der Waals surface area contributed by atoms with Crippen LogP contribution in [0.15, 0.2) is 58.8 Å². The fourth-order valence-electron chi connectivity index (χ4n) is 2.60. The van der Waals surface area contributed by atoms with Crippen molar-refractivity contribution in [2.24, 2.45) is 0 Å². The molecular weight excluding hydrogens is 318 g/mol. The molecule has 0 radical (unpaired) electrons. The van der Waals surface area contributed by atoms with Crippen molar-refractivity contribution < 1.29 is 4.79 Å². The van der Waals surface area contributed by atoms with E-state index < -0.39 is 0 Å². The lowest BCUT2D eigenvalue weighted by Gasteiger charge is -2.09. The topological polar surface area (TPSA) is 57.8 Å². The van der Waals surface area contributed by atoms with Gasteiger partial charge in [-0.2, -0.15) is 5.10 Å². The first-order valence-electron chi connectivity index (χ1n) is 7.93. The Morgan fingerprint density at radius 3 is 2.92 bits per heavy atom. The van der Waals surface area contributed by atoms with E-state index in [0.29, 0.717) is 6.04 Å². The molecule has 1 aliphatic carbocycles. The standard InChI is InChI=1S/C19H17N3OS/c1-2-16-14-10-9-13(11-17(14)22-21-16)24-18-6-4-3-5-15(18)19(23)20-12-7-8-12/h2-6,9-12H,1,7-8H2,(H,20,23)(H,21,22). The highest BCUT2D eigenvalue weighted by molar-refractivity contribution is 7.99. The molecular formula is C19H17N3OS. The van der Waals surface area contributed by atoms with Crippen molar-refractivity contribution in [1.29, 1.82) is 0 Å². The fourth-order valence-corrected chi connectivity index (χ4v) is 3.58. The second-order valence-corrected chi connectivity index (χ2v) is 6.98. The molecule has 2 aromatic carbocycles. The Morgan fingerprint density at radius 2 is 2.12 bits per heavy atom. The molecule has 1 aromatic heterocycles. The number of carbonyl (C=O) groups is 1. The fraction of sp³-hybridized carbons (Fsp3) is 0.158. The van der Waals surface area contributed by atoms with Crippen LogP contribution in [0.3, 0.4) is 0 Å². The van der Waals surface area contributed by atoms with Gasteiger partial charge in [0.25, 0.3) is 5.91 Å². The molecule has 4 nitrogen and oxygen atoms in total. The van der Waals surface area contributed by atoms with E-state index in [0.717, 1.165) is 44.8 Å². The zero-order valence-corrected chi connectivity index (χ0v) is 13.9. The zero-order chi connectivity index (χ0) is 16.5. The van der Waals surface area contributed by atoms with Gasteiger partial charge in [0.2, 0.25) is 0 Å². The summed E-state index contributed by atoms with van der Waals surface area (Å²) in [6, 6.07) is 14.2. The number of hydrogen-bond donors (Lipinski definition) is 2. The molecule has 0 unspecified atom stereocenters. The maximum atomic E-state index is 12.4. The zero-order valence-electron chi connectivity index (χ0n) is 13.1. The minimum absolute atomic E-state index is 0.0113. The summed E-state index contributed by atoms with van der Waals surface area (Å²) >= 11 is 1.59. The number of nitrogens with zero attached hydrogens (tertiary/aromatic N) is 1. The number of amides is 1. The van der Waals surface area contributed by atoms with Crippen molar-refractivity contribution in [3.05, 3.63) is 60.3 Å². The Labute approximate surface area is 144 Å². The van der Waals surface area contributed by atoms with Gasteiger partial charge in [-0.1, -0.05) is 30.5 Å². The highest BCUT2D eigenvalue weighted by Gasteiger charge is 2.24. The van der Waals surface area contributed by atoms with Crippen LogP contribution in [0.5, 0.6) is 0 Å². The van der Waals surface area contributed by atoms with Crippen LogP contribution < -0.4 is 5.32 Å². The second kappa shape index (κ2) is 6.17. The average Bonchev–Trinajstić information content (AvgIpc) is 3.32. The van der Waals surface area contributed by atoms with E-state index in [-0.39, 0.29) is 5.91 Å². The monoisotopic (exact) mass is 335 g/mol. The van der Waals surface area contributed by atoms with Gasteiger partial charge in [-0.05, 0) is 49.2 Å². The minimum Gasteiger partial charge on any atom is -0.349 e. The maximum Gasteiger partial charge on any atom is 0.252 e. The van der Waals surface area contributed by atoms with Gasteiger partial charge in [0.15, 0.2) is 0 Å². The summed E-state index contributed by atoms with van der Waals surface area (Å²) in [5.74, 6) is 0.0113. The van der Waals surface area contributed by atoms with Gasteiger partial charge < -0.3 is 5.32 Å². The average molecular weight is 335 g/mol. The molecule has 1 aliphatic rings. The number of benzene rings is 2. The van der Waals surface area contributed by atoms with E-state index in [2.05, 4.69) is 28.2 Å². The van der Waals surface area contributed by atoms with Crippen LogP contribution in [-0.2, 0) is 0 Å². The summed E-state index contributed by atoms with van der Waals surface area (Å²) in [6.45, 7) is 3.77. The van der Waals surface area contributed by atoms with Crippen molar-refractivity contribution in [2.75, 3.05) is 0 Å². The highest BCUT2D eigenvalue weighted by atomic mass is 32.2. The maximum absolute atomic E-state index is 12.4. The number of nitrogens with one attached hydrogen (secondary N) is 2. The highest BCUT2D eigenvalue weighted by Crippen LogP contribution is 2.33. The Kier molecular flexibility index (Phi) is 3.86. The molecule has 0 saturated heterocycles. The lowest BCUT2D eigenvalue weighted by atomic mass is 10.2. The van der Waals surface area contributed by atoms with Gasteiger partial charge in [-0.3, -0.25) is 9.89 Å². The predicted octanol–water partition coefficient (Wildman–Crippen LogP) is 4.25.